The van der Waals surface area contributed by atoms with Crippen molar-refractivity contribution in [3.05, 3.63) is 35.9 Å². The first-order valence-corrected chi connectivity index (χ1v) is 8.09. The van der Waals surface area contributed by atoms with Crippen molar-refractivity contribution in [2.75, 3.05) is 19.6 Å². The van der Waals surface area contributed by atoms with E-state index in [1.165, 1.54) is 4.31 Å². The fourth-order valence-corrected chi connectivity index (χ4v) is 3.52. The Bertz CT molecular complexity index is 484. The molecule has 0 spiro atoms. The van der Waals surface area contributed by atoms with E-state index in [1.54, 1.807) is 0 Å². The number of nitrogens with two attached hydrogens (primary N) is 1. The summed E-state index contributed by atoms with van der Waals surface area (Å²) < 4.78 is 28.3. The van der Waals surface area contributed by atoms with Crippen LogP contribution in [0.2, 0.25) is 0 Å². The molecule has 1 heterocycles. The molecular weight excluding hydrogens is 262 g/mol. The highest BCUT2D eigenvalue weighted by molar-refractivity contribution is 7.87. The number of piperidine rings is 1. The Labute approximate surface area is 115 Å². The predicted molar refractivity (Wildman–Crippen MR) is 75.7 cm³/mol. The summed E-state index contributed by atoms with van der Waals surface area (Å²) in [5.74, 6) is 0. The lowest BCUT2D eigenvalue weighted by Crippen LogP contribution is -2.45. The van der Waals surface area contributed by atoms with E-state index in [0.29, 0.717) is 13.1 Å². The minimum atomic E-state index is -3.38. The van der Waals surface area contributed by atoms with Crippen LogP contribution in [-0.4, -0.2) is 32.4 Å². The van der Waals surface area contributed by atoms with Crippen LogP contribution in [0, 0.1) is 0 Å². The van der Waals surface area contributed by atoms with Crippen LogP contribution in [0.25, 0.3) is 0 Å². The molecule has 106 valence electrons. The van der Waals surface area contributed by atoms with Crippen molar-refractivity contribution in [1.82, 2.24) is 9.03 Å². The molecule has 0 aromatic heterocycles. The van der Waals surface area contributed by atoms with Crippen LogP contribution in [0.5, 0.6) is 0 Å². The van der Waals surface area contributed by atoms with Crippen LogP contribution in [0.4, 0.5) is 0 Å². The molecular formula is C13H21N3O2S. The van der Waals surface area contributed by atoms with Crippen molar-refractivity contribution in [2.45, 2.75) is 25.3 Å². The molecule has 2 rings (SSSR count). The van der Waals surface area contributed by atoms with Crippen LogP contribution in [0.3, 0.4) is 0 Å². The molecule has 5 nitrogen and oxygen atoms in total. The van der Waals surface area contributed by atoms with E-state index in [4.69, 9.17) is 5.73 Å². The zero-order valence-electron chi connectivity index (χ0n) is 11.0. The maximum Gasteiger partial charge on any atom is 0.279 e. The summed E-state index contributed by atoms with van der Waals surface area (Å²) in [6.45, 7) is 1.44. The minimum absolute atomic E-state index is 0.225. The third-order valence-electron chi connectivity index (χ3n) is 3.37. The summed E-state index contributed by atoms with van der Waals surface area (Å²) in [7, 11) is -3.38. The molecule has 0 radical (unpaired) electrons. The van der Waals surface area contributed by atoms with E-state index in [-0.39, 0.29) is 12.6 Å². The van der Waals surface area contributed by atoms with Crippen LogP contribution in [-0.2, 0) is 10.2 Å². The molecule has 19 heavy (non-hydrogen) atoms. The molecule has 1 aromatic rings. The Balaban J connectivity index is 1.90. The normalized spacial score (nSPS) is 19.2. The van der Waals surface area contributed by atoms with E-state index in [9.17, 15) is 8.42 Å². The summed E-state index contributed by atoms with van der Waals surface area (Å²) in [6.07, 6.45) is 2.98. The first kappa shape index (κ1) is 14.5. The van der Waals surface area contributed by atoms with Gasteiger partial charge in [-0.1, -0.05) is 36.8 Å². The fraction of sp³-hybridized carbons (Fsp3) is 0.538. The van der Waals surface area contributed by atoms with Gasteiger partial charge in [0.1, 0.15) is 0 Å². The van der Waals surface area contributed by atoms with Crippen molar-refractivity contribution >= 4 is 10.2 Å². The smallest absolute Gasteiger partial charge is 0.279 e. The van der Waals surface area contributed by atoms with Crippen LogP contribution in [0.15, 0.2) is 30.3 Å². The SMILES string of the molecule is NC(CNS(=O)(=O)N1CCCCC1)c1ccccc1. The highest BCUT2D eigenvalue weighted by Gasteiger charge is 2.23. The zero-order valence-corrected chi connectivity index (χ0v) is 11.8. The number of benzene rings is 1. The Morgan fingerprint density at radius 1 is 1.16 bits per heavy atom. The summed E-state index contributed by atoms with van der Waals surface area (Å²) in [6, 6.07) is 9.19. The molecule has 0 saturated carbocycles. The largest absolute Gasteiger partial charge is 0.323 e. The molecule has 0 aliphatic carbocycles. The standard InChI is InChI=1S/C13H21N3O2S/c14-13(12-7-3-1-4-8-12)11-15-19(17,18)16-9-5-2-6-10-16/h1,3-4,7-8,13,15H,2,5-6,9-11,14H2. The molecule has 1 aromatic carbocycles. The van der Waals surface area contributed by atoms with Gasteiger partial charge in [0.25, 0.3) is 10.2 Å². The van der Waals surface area contributed by atoms with E-state index >= 15 is 0 Å². The average molecular weight is 283 g/mol. The molecule has 6 heteroatoms. The molecule has 0 bridgehead atoms. The van der Waals surface area contributed by atoms with Crippen molar-refractivity contribution < 1.29 is 8.42 Å². The van der Waals surface area contributed by atoms with Gasteiger partial charge in [-0.2, -0.15) is 12.7 Å². The summed E-state index contributed by atoms with van der Waals surface area (Å²) >= 11 is 0. The summed E-state index contributed by atoms with van der Waals surface area (Å²) in [4.78, 5) is 0. The number of rotatable bonds is 5. The van der Waals surface area contributed by atoms with Gasteiger partial charge in [-0.05, 0) is 18.4 Å². The summed E-state index contributed by atoms with van der Waals surface area (Å²) in [5.41, 5.74) is 6.92. The highest BCUT2D eigenvalue weighted by atomic mass is 32.2. The topological polar surface area (TPSA) is 75.4 Å². The van der Waals surface area contributed by atoms with Gasteiger partial charge in [-0.15, -0.1) is 0 Å². The number of nitrogens with zero attached hydrogens (tertiary/aromatic N) is 1. The molecule has 1 fully saturated rings. The van der Waals surface area contributed by atoms with Crippen molar-refractivity contribution in [1.29, 1.82) is 0 Å². The fourth-order valence-electron chi connectivity index (χ4n) is 2.21. The van der Waals surface area contributed by atoms with E-state index in [1.807, 2.05) is 30.3 Å². The molecule has 1 unspecified atom stereocenters. The van der Waals surface area contributed by atoms with Crippen molar-refractivity contribution in [3.8, 4) is 0 Å². The van der Waals surface area contributed by atoms with Gasteiger partial charge in [0, 0.05) is 25.7 Å². The number of hydrogen-bond acceptors (Lipinski definition) is 3. The lowest BCUT2D eigenvalue weighted by Gasteiger charge is -2.26. The molecule has 1 saturated heterocycles. The van der Waals surface area contributed by atoms with Gasteiger partial charge in [-0.25, -0.2) is 4.72 Å². The Morgan fingerprint density at radius 2 is 1.79 bits per heavy atom. The Hall–Kier alpha value is -0.950. The minimum Gasteiger partial charge on any atom is -0.323 e. The first-order chi connectivity index (χ1) is 9.09. The Morgan fingerprint density at radius 3 is 2.42 bits per heavy atom. The maximum atomic E-state index is 12.1. The Kier molecular flexibility index (Phi) is 4.93. The number of hydrogen-bond donors (Lipinski definition) is 2. The lowest BCUT2D eigenvalue weighted by molar-refractivity contribution is 0.341. The first-order valence-electron chi connectivity index (χ1n) is 6.65. The van der Waals surface area contributed by atoms with Gasteiger partial charge in [0.2, 0.25) is 0 Å². The van der Waals surface area contributed by atoms with Crippen LogP contribution in [0.1, 0.15) is 30.9 Å². The highest BCUT2D eigenvalue weighted by Crippen LogP contribution is 2.13. The third-order valence-corrected chi connectivity index (χ3v) is 4.94. The molecule has 3 N–H and O–H groups in total. The van der Waals surface area contributed by atoms with Gasteiger partial charge >= 0.3 is 0 Å². The van der Waals surface area contributed by atoms with Crippen molar-refractivity contribution in [2.24, 2.45) is 5.73 Å². The molecule has 0 amide bonds. The van der Waals surface area contributed by atoms with E-state index in [2.05, 4.69) is 4.72 Å². The van der Waals surface area contributed by atoms with Crippen LogP contribution < -0.4 is 10.5 Å². The second-order valence-electron chi connectivity index (χ2n) is 4.83. The van der Waals surface area contributed by atoms with E-state index < -0.39 is 10.2 Å². The zero-order chi connectivity index (χ0) is 13.7. The monoisotopic (exact) mass is 283 g/mol. The molecule has 1 aliphatic rings. The van der Waals surface area contributed by atoms with Gasteiger partial charge in [0.05, 0.1) is 0 Å². The van der Waals surface area contributed by atoms with Gasteiger partial charge < -0.3 is 5.73 Å². The summed E-state index contributed by atoms with van der Waals surface area (Å²) in [5, 5.41) is 0. The second-order valence-corrected chi connectivity index (χ2v) is 6.59. The maximum absolute atomic E-state index is 12.1. The van der Waals surface area contributed by atoms with Crippen LogP contribution >= 0.6 is 0 Å². The van der Waals surface area contributed by atoms with E-state index in [0.717, 1.165) is 24.8 Å². The second kappa shape index (κ2) is 6.47. The third kappa shape index (κ3) is 4.01. The van der Waals surface area contributed by atoms with Gasteiger partial charge in [0.15, 0.2) is 0 Å². The number of nitrogens with one attached hydrogen (secondary N) is 1. The lowest BCUT2D eigenvalue weighted by atomic mass is 10.1. The predicted octanol–water partition coefficient (Wildman–Crippen LogP) is 1.01. The molecule has 1 atom stereocenters. The molecule has 1 aliphatic heterocycles. The van der Waals surface area contributed by atoms with Gasteiger partial charge in [-0.3, -0.25) is 0 Å². The average Bonchev–Trinajstić information content (AvgIpc) is 2.47. The van der Waals surface area contributed by atoms with Crippen molar-refractivity contribution in [3.63, 3.8) is 0 Å². The quantitative estimate of drug-likeness (QED) is 0.846.